The third-order valence-electron chi connectivity index (χ3n) is 3.80. The lowest BCUT2D eigenvalue weighted by molar-refractivity contribution is 0.603. The van der Waals surface area contributed by atoms with Crippen molar-refractivity contribution in [1.82, 2.24) is 10.2 Å². The van der Waals surface area contributed by atoms with Crippen LogP contribution in [-0.2, 0) is 16.4 Å². The lowest BCUT2D eigenvalue weighted by Crippen LogP contribution is -2.13. The van der Waals surface area contributed by atoms with Crippen molar-refractivity contribution in [3.05, 3.63) is 58.5 Å². The fraction of sp³-hybridized carbons (Fsp3) is 0.222. The van der Waals surface area contributed by atoms with Crippen molar-refractivity contribution in [2.45, 2.75) is 31.4 Å². The van der Waals surface area contributed by atoms with Gasteiger partial charge in [0.15, 0.2) is 11.6 Å². The molecule has 0 bridgehead atoms. The highest BCUT2D eigenvalue weighted by molar-refractivity contribution is 7.94. The number of aromatic nitrogens is 2. The molecule has 0 fully saturated rings. The molecule has 0 aliphatic rings. The van der Waals surface area contributed by atoms with E-state index in [-0.39, 0.29) is 10.0 Å². The van der Waals surface area contributed by atoms with E-state index in [1.807, 2.05) is 39.0 Å². The van der Waals surface area contributed by atoms with Crippen molar-refractivity contribution in [3.8, 4) is 0 Å². The number of nitrogens with zero attached hydrogens (tertiary/aromatic N) is 2. The second-order valence-corrected chi connectivity index (χ2v) is 9.00. The van der Waals surface area contributed by atoms with Crippen LogP contribution in [0.2, 0.25) is 0 Å². The fourth-order valence-corrected chi connectivity index (χ4v) is 4.72. The van der Waals surface area contributed by atoms with Gasteiger partial charge in [0.05, 0.1) is 0 Å². The SMILES string of the molecule is CCc1ccc(S(=O)(=O)Nc2ccc(Nc3ccc(C)cc3C)nn2)s1. The predicted octanol–water partition coefficient (Wildman–Crippen LogP) is 4.26. The van der Waals surface area contributed by atoms with Gasteiger partial charge in [-0.1, -0.05) is 24.6 Å². The molecule has 26 heavy (non-hydrogen) atoms. The Morgan fingerprint density at radius 3 is 2.35 bits per heavy atom. The van der Waals surface area contributed by atoms with Crippen LogP contribution in [0.25, 0.3) is 0 Å². The van der Waals surface area contributed by atoms with Crippen LogP contribution in [0.15, 0.2) is 46.7 Å². The van der Waals surface area contributed by atoms with E-state index in [1.54, 1.807) is 18.2 Å². The van der Waals surface area contributed by atoms with Crippen LogP contribution < -0.4 is 10.0 Å². The number of thiophene rings is 1. The van der Waals surface area contributed by atoms with E-state index in [9.17, 15) is 8.42 Å². The molecule has 0 radical (unpaired) electrons. The van der Waals surface area contributed by atoms with Crippen molar-refractivity contribution in [3.63, 3.8) is 0 Å². The maximum absolute atomic E-state index is 12.4. The Hall–Kier alpha value is -2.45. The second-order valence-electron chi connectivity index (χ2n) is 5.93. The van der Waals surface area contributed by atoms with Crippen molar-refractivity contribution in [1.29, 1.82) is 0 Å². The van der Waals surface area contributed by atoms with E-state index < -0.39 is 10.0 Å². The Kier molecular flexibility index (Phi) is 5.24. The first-order valence-corrected chi connectivity index (χ1v) is 10.5. The molecule has 0 unspecified atom stereocenters. The van der Waals surface area contributed by atoms with Gasteiger partial charge in [-0.25, -0.2) is 8.42 Å². The van der Waals surface area contributed by atoms with Crippen LogP contribution in [0.4, 0.5) is 17.3 Å². The topological polar surface area (TPSA) is 84.0 Å². The van der Waals surface area contributed by atoms with Gasteiger partial charge < -0.3 is 5.32 Å². The Bertz CT molecular complexity index is 1010. The lowest BCUT2D eigenvalue weighted by atomic mass is 10.1. The molecule has 0 atom stereocenters. The zero-order valence-electron chi connectivity index (χ0n) is 14.8. The average molecular weight is 389 g/mol. The number of sulfonamides is 1. The molecule has 1 aromatic carbocycles. The van der Waals surface area contributed by atoms with E-state index in [0.717, 1.165) is 22.5 Å². The molecular formula is C18H20N4O2S2. The Balaban J connectivity index is 1.73. The molecule has 136 valence electrons. The van der Waals surface area contributed by atoms with Crippen LogP contribution in [0.3, 0.4) is 0 Å². The molecule has 2 heterocycles. The van der Waals surface area contributed by atoms with Crippen molar-refractivity contribution < 1.29 is 8.42 Å². The standard InChI is InChI=1S/C18H20N4O2S2/c1-4-14-6-10-18(25-14)26(23,24)22-17-9-8-16(20-21-17)19-15-7-5-12(2)11-13(15)3/h5-11H,4H2,1-3H3,(H,19,20)(H,21,22). The summed E-state index contributed by atoms with van der Waals surface area (Å²) in [7, 11) is -3.64. The highest BCUT2D eigenvalue weighted by atomic mass is 32.2. The van der Waals surface area contributed by atoms with Gasteiger partial charge in [0.1, 0.15) is 4.21 Å². The molecule has 2 aromatic heterocycles. The first kappa shape index (κ1) is 18.3. The van der Waals surface area contributed by atoms with E-state index in [4.69, 9.17) is 0 Å². The molecule has 0 aliphatic heterocycles. The molecule has 0 spiro atoms. The van der Waals surface area contributed by atoms with Gasteiger partial charge in [0.2, 0.25) is 0 Å². The third-order valence-corrected chi connectivity index (χ3v) is 6.87. The maximum atomic E-state index is 12.4. The summed E-state index contributed by atoms with van der Waals surface area (Å²) in [5.74, 6) is 0.729. The summed E-state index contributed by atoms with van der Waals surface area (Å²) in [4.78, 5) is 1.02. The number of rotatable bonds is 6. The number of hydrogen-bond acceptors (Lipinski definition) is 6. The summed E-state index contributed by atoms with van der Waals surface area (Å²) >= 11 is 1.26. The number of nitrogens with one attached hydrogen (secondary N) is 2. The second kappa shape index (κ2) is 7.43. The molecule has 0 amide bonds. The predicted molar refractivity (Wildman–Crippen MR) is 106 cm³/mol. The van der Waals surface area contributed by atoms with Crippen LogP contribution in [0.5, 0.6) is 0 Å². The molecule has 3 aromatic rings. The van der Waals surface area contributed by atoms with E-state index in [2.05, 4.69) is 26.3 Å². The summed E-state index contributed by atoms with van der Waals surface area (Å²) in [5, 5.41) is 11.2. The van der Waals surface area contributed by atoms with E-state index in [1.165, 1.54) is 16.9 Å². The highest BCUT2D eigenvalue weighted by Crippen LogP contribution is 2.24. The molecular weight excluding hydrogens is 368 g/mol. The number of aryl methyl sites for hydroxylation is 3. The van der Waals surface area contributed by atoms with Gasteiger partial charge in [0.25, 0.3) is 10.0 Å². The minimum Gasteiger partial charge on any atom is -0.339 e. The molecule has 2 N–H and O–H groups in total. The van der Waals surface area contributed by atoms with Crippen molar-refractivity contribution in [2.24, 2.45) is 0 Å². The maximum Gasteiger partial charge on any atom is 0.272 e. The third kappa shape index (κ3) is 4.20. The number of hydrogen-bond donors (Lipinski definition) is 2. The Morgan fingerprint density at radius 1 is 1.00 bits per heavy atom. The van der Waals surface area contributed by atoms with Gasteiger partial charge in [-0.2, -0.15) is 0 Å². The van der Waals surface area contributed by atoms with Gasteiger partial charge in [-0.05, 0) is 56.2 Å². The molecule has 3 rings (SSSR count). The smallest absolute Gasteiger partial charge is 0.272 e. The first-order valence-electron chi connectivity index (χ1n) is 8.17. The lowest BCUT2D eigenvalue weighted by Gasteiger charge is -2.10. The quantitative estimate of drug-likeness (QED) is 0.659. The molecule has 0 saturated carbocycles. The summed E-state index contributed by atoms with van der Waals surface area (Å²) in [5.41, 5.74) is 3.22. The minimum atomic E-state index is -3.64. The zero-order valence-corrected chi connectivity index (χ0v) is 16.4. The van der Waals surface area contributed by atoms with Crippen molar-refractivity contribution in [2.75, 3.05) is 10.0 Å². The Labute approximate surface area is 157 Å². The van der Waals surface area contributed by atoms with Crippen molar-refractivity contribution >= 4 is 38.7 Å². The largest absolute Gasteiger partial charge is 0.339 e. The Morgan fingerprint density at radius 2 is 1.73 bits per heavy atom. The van der Waals surface area contributed by atoms with Crippen LogP contribution in [0, 0.1) is 13.8 Å². The number of anilines is 3. The van der Waals surface area contributed by atoms with Crippen LogP contribution in [0.1, 0.15) is 22.9 Å². The molecule has 6 nitrogen and oxygen atoms in total. The van der Waals surface area contributed by atoms with Gasteiger partial charge in [0, 0.05) is 10.6 Å². The molecule has 8 heteroatoms. The highest BCUT2D eigenvalue weighted by Gasteiger charge is 2.17. The first-order chi connectivity index (χ1) is 12.4. The van der Waals surface area contributed by atoms with E-state index in [0.29, 0.717) is 5.82 Å². The van der Waals surface area contributed by atoms with Gasteiger partial charge in [-0.15, -0.1) is 21.5 Å². The minimum absolute atomic E-state index is 0.183. The average Bonchev–Trinajstić information content (AvgIpc) is 3.09. The van der Waals surface area contributed by atoms with Crippen LogP contribution >= 0.6 is 11.3 Å². The van der Waals surface area contributed by atoms with E-state index >= 15 is 0 Å². The van der Waals surface area contributed by atoms with Gasteiger partial charge >= 0.3 is 0 Å². The summed E-state index contributed by atoms with van der Waals surface area (Å²) < 4.78 is 27.5. The van der Waals surface area contributed by atoms with Crippen LogP contribution in [-0.4, -0.2) is 18.6 Å². The normalized spacial score (nSPS) is 11.3. The molecule has 0 aliphatic carbocycles. The fourth-order valence-electron chi connectivity index (χ4n) is 2.43. The summed E-state index contributed by atoms with van der Waals surface area (Å²) in [6.07, 6.45) is 0.804. The summed E-state index contributed by atoms with van der Waals surface area (Å²) in [6, 6.07) is 12.8. The number of benzene rings is 1. The zero-order chi connectivity index (χ0) is 18.7. The van der Waals surface area contributed by atoms with Gasteiger partial charge in [-0.3, -0.25) is 4.72 Å². The molecule has 0 saturated heterocycles. The monoisotopic (exact) mass is 388 g/mol. The summed E-state index contributed by atoms with van der Waals surface area (Å²) in [6.45, 7) is 6.04.